The standard InChI is InChI=1S/C15H22ClNO2/c1-3-4-6-17(2)11-12-9-13(16)15-14(10-12)18-7-5-8-19-15/h9-10H,3-8,11H2,1-2H3. The monoisotopic (exact) mass is 283 g/mol. The summed E-state index contributed by atoms with van der Waals surface area (Å²) in [6.07, 6.45) is 3.33. The Morgan fingerprint density at radius 3 is 2.84 bits per heavy atom. The average Bonchev–Trinajstić information content (AvgIpc) is 2.62. The van der Waals surface area contributed by atoms with Crippen LogP contribution in [0.2, 0.25) is 5.02 Å². The SMILES string of the molecule is CCCCN(C)Cc1cc(Cl)c2c(c1)OCCCO2. The van der Waals surface area contributed by atoms with Gasteiger partial charge in [-0.05, 0) is 37.7 Å². The van der Waals surface area contributed by atoms with Crippen molar-refractivity contribution in [1.29, 1.82) is 0 Å². The minimum absolute atomic E-state index is 0.651. The van der Waals surface area contributed by atoms with Crippen molar-refractivity contribution in [2.75, 3.05) is 26.8 Å². The van der Waals surface area contributed by atoms with Crippen LogP contribution in [-0.4, -0.2) is 31.7 Å². The molecule has 0 spiro atoms. The van der Waals surface area contributed by atoms with E-state index in [0.29, 0.717) is 24.0 Å². The van der Waals surface area contributed by atoms with Crippen LogP contribution in [0.1, 0.15) is 31.7 Å². The van der Waals surface area contributed by atoms with Crippen LogP contribution in [0.3, 0.4) is 0 Å². The maximum atomic E-state index is 6.28. The van der Waals surface area contributed by atoms with Gasteiger partial charge in [-0.15, -0.1) is 0 Å². The minimum atomic E-state index is 0.651. The molecule has 0 aromatic heterocycles. The minimum Gasteiger partial charge on any atom is -0.489 e. The first-order valence-corrected chi connectivity index (χ1v) is 7.35. The van der Waals surface area contributed by atoms with Crippen LogP contribution in [0.25, 0.3) is 0 Å². The van der Waals surface area contributed by atoms with E-state index in [4.69, 9.17) is 21.1 Å². The molecule has 0 amide bonds. The number of unbranched alkanes of at least 4 members (excludes halogenated alkanes) is 1. The number of hydrogen-bond acceptors (Lipinski definition) is 3. The van der Waals surface area contributed by atoms with Gasteiger partial charge in [0, 0.05) is 13.0 Å². The predicted molar refractivity (Wildman–Crippen MR) is 78.3 cm³/mol. The highest BCUT2D eigenvalue weighted by Gasteiger charge is 2.16. The highest BCUT2D eigenvalue weighted by Crippen LogP contribution is 2.38. The number of rotatable bonds is 5. The molecule has 1 aromatic rings. The fraction of sp³-hybridized carbons (Fsp3) is 0.600. The van der Waals surface area contributed by atoms with Crippen LogP contribution in [-0.2, 0) is 6.54 Å². The topological polar surface area (TPSA) is 21.7 Å². The third kappa shape index (κ3) is 4.02. The maximum Gasteiger partial charge on any atom is 0.179 e. The van der Waals surface area contributed by atoms with Crippen molar-refractivity contribution in [1.82, 2.24) is 4.90 Å². The smallest absolute Gasteiger partial charge is 0.179 e. The zero-order valence-corrected chi connectivity index (χ0v) is 12.5. The Hall–Kier alpha value is -0.930. The molecule has 1 aliphatic rings. The summed E-state index contributed by atoms with van der Waals surface area (Å²) in [4.78, 5) is 2.30. The van der Waals surface area contributed by atoms with E-state index >= 15 is 0 Å². The van der Waals surface area contributed by atoms with Crippen LogP contribution in [0.4, 0.5) is 0 Å². The molecule has 19 heavy (non-hydrogen) atoms. The Kier molecular flexibility index (Phi) is 5.34. The molecular formula is C15H22ClNO2. The number of fused-ring (bicyclic) bond motifs is 1. The third-order valence-electron chi connectivity index (χ3n) is 3.21. The molecule has 4 heteroatoms. The van der Waals surface area contributed by atoms with Gasteiger partial charge < -0.3 is 14.4 Å². The molecule has 0 saturated heterocycles. The van der Waals surface area contributed by atoms with E-state index in [1.54, 1.807) is 0 Å². The normalized spacial score (nSPS) is 14.5. The van der Waals surface area contributed by atoms with Crippen molar-refractivity contribution in [3.05, 3.63) is 22.7 Å². The highest BCUT2D eigenvalue weighted by molar-refractivity contribution is 6.32. The Morgan fingerprint density at radius 2 is 2.05 bits per heavy atom. The van der Waals surface area contributed by atoms with E-state index in [1.165, 1.54) is 18.4 Å². The van der Waals surface area contributed by atoms with Gasteiger partial charge in [-0.25, -0.2) is 0 Å². The van der Waals surface area contributed by atoms with E-state index in [1.807, 2.05) is 6.07 Å². The molecule has 0 saturated carbocycles. The molecule has 0 N–H and O–H groups in total. The van der Waals surface area contributed by atoms with E-state index < -0.39 is 0 Å². The summed E-state index contributed by atoms with van der Waals surface area (Å²) in [5.74, 6) is 1.48. The molecule has 106 valence electrons. The van der Waals surface area contributed by atoms with Gasteiger partial charge in [0.05, 0.1) is 18.2 Å². The van der Waals surface area contributed by atoms with Gasteiger partial charge in [0.25, 0.3) is 0 Å². The van der Waals surface area contributed by atoms with Crippen molar-refractivity contribution in [3.63, 3.8) is 0 Å². The lowest BCUT2D eigenvalue weighted by Gasteiger charge is -2.18. The Morgan fingerprint density at radius 1 is 1.26 bits per heavy atom. The molecular weight excluding hydrogens is 262 g/mol. The summed E-state index contributed by atoms with van der Waals surface area (Å²) in [6.45, 7) is 5.55. The lowest BCUT2D eigenvalue weighted by Crippen LogP contribution is -2.19. The van der Waals surface area contributed by atoms with Gasteiger partial charge >= 0.3 is 0 Å². The molecule has 2 rings (SSSR count). The summed E-state index contributed by atoms with van der Waals surface area (Å²) in [5.41, 5.74) is 1.17. The van der Waals surface area contributed by atoms with Gasteiger partial charge in [0.2, 0.25) is 0 Å². The van der Waals surface area contributed by atoms with Crippen LogP contribution in [0, 0.1) is 0 Å². The fourth-order valence-corrected chi connectivity index (χ4v) is 2.48. The molecule has 1 heterocycles. The van der Waals surface area contributed by atoms with E-state index in [2.05, 4.69) is 24.9 Å². The van der Waals surface area contributed by atoms with Crippen LogP contribution < -0.4 is 9.47 Å². The molecule has 0 unspecified atom stereocenters. The summed E-state index contributed by atoms with van der Waals surface area (Å²) < 4.78 is 11.3. The number of nitrogens with zero attached hydrogens (tertiary/aromatic N) is 1. The summed E-state index contributed by atoms with van der Waals surface area (Å²) in [6, 6.07) is 4.03. The zero-order valence-electron chi connectivity index (χ0n) is 11.7. The molecule has 3 nitrogen and oxygen atoms in total. The maximum absolute atomic E-state index is 6.28. The van der Waals surface area contributed by atoms with Gasteiger partial charge in [-0.2, -0.15) is 0 Å². The van der Waals surface area contributed by atoms with E-state index in [-0.39, 0.29) is 0 Å². The van der Waals surface area contributed by atoms with E-state index in [9.17, 15) is 0 Å². The van der Waals surface area contributed by atoms with Crippen molar-refractivity contribution in [3.8, 4) is 11.5 Å². The van der Waals surface area contributed by atoms with Crippen LogP contribution in [0.15, 0.2) is 12.1 Å². The van der Waals surface area contributed by atoms with Crippen molar-refractivity contribution >= 4 is 11.6 Å². The third-order valence-corrected chi connectivity index (χ3v) is 3.49. The van der Waals surface area contributed by atoms with E-state index in [0.717, 1.165) is 25.3 Å². The van der Waals surface area contributed by atoms with Gasteiger partial charge in [0.1, 0.15) is 0 Å². The van der Waals surface area contributed by atoms with Gasteiger partial charge in [0.15, 0.2) is 11.5 Å². The van der Waals surface area contributed by atoms with Crippen molar-refractivity contribution < 1.29 is 9.47 Å². The molecule has 0 bridgehead atoms. The summed E-state index contributed by atoms with van der Waals surface area (Å²) >= 11 is 6.28. The first-order valence-electron chi connectivity index (χ1n) is 6.97. The molecule has 1 aliphatic heterocycles. The second kappa shape index (κ2) is 7.01. The quantitative estimate of drug-likeness (QED) is 0.822. The van der Waals surface area contributed by atoms with Crippen molar-refractivity contribution in [2.24, 2.45) is 0 Å². The molecule has 0 aliphatic carbocycles. The van der Waals surface area contributed by atoms with Crippen LogP contribution >= 0.6 is 11.6 Å². The Bertz CT molecular complexity index is 423. The number of hydrogen-bond donors (Lipinski definition) is 0. The summed E-state index contributed by atoms with van der Waals surface area (Å²) in [7, 11) is 2.13. The largest absolute Gasteiger partial charge is 0.489 e. The predicted octanol–water partition coefficient (Wildman–Crippen LogP) is 3.73. The number of halogens is 1. The number of benzene rings is 1. The van der Waals surface area contributed by atoms with Crippen LogP contribution in [0.5, 0.6) is 11.5 Å². The Labute approximate surface area is 120 Å². The van der Waals surface area contributed by atoms with Crippen molar-refractivity contribution in [2.45, 2.75) is 32.7 Å². The zero-order chi connectivity index (χ0) is 13.7. The highest BCUT2D eigenvalue weighted by atomic mass is 35.5. The second-order valence-electron chi connectivity index (χ2n) is 5.05. The van der Waals surface area contributed by atoms with Gasteiger partial charge in [-0.3, -0.25) is 0 Å². The fourth-order valence-electron chi connectivity index (χ4n) is 2.19. The average molecular weight is 284 g/mol. The first-order chi connectivity index (χ1) is 9.20. The molecule has 0 radical (unpaired) electrons. The first kappa shape index (κ1) is 14.5. The lowest BCUT2D eigenvalue weighted by molar-refractivity contribution is 0.296. The lowest BCUT2D eigenvalue weighted by atomic mass is 10.2. The number of ether oxygens (including phenoxy) is 2. The second-order valence-corrected chi connectivity index (χ2v) is 5.45. The molecule has 0 atom stereocenters. The Balaban J connectivity index is 2.10. The summed E-state index contributed by atoms with van der Waals surface area (Å²) in [5, 5.41) is 0.651. The molecule has 1 aromatic carbocycles. The molecule has 0 fully saturated rings. The van der Waals surface area contributed by atoms with Gasteiger partial charge in [-0.1, -0.05) is 24.9 Å².